The van der Waals surface area contributed by atoms with E-state index in [2.05, 4.69) is 35.6 Å². The molecule has 2 rings (SSSR count). The largest absolute Gasteiger partial charge is 0.396 e. The summed E-state index contributed by atoms with van der Waals surface area (Å²) in [5.41, 5.74) is 1.47. The minimum absolute atomic E-state index is 0.0542. The van der Waals surface area contributed by atoms with Crippen LogP contribution in [0.15, 0.2) is 16.8 Å². The lowest BCUT2D eigenvalue weighted by Crippen LogP contribution is -2.38. The van der Waals surface area contributed by atoms with Crippen molar-refractivity contribution in [3.8, 4) is 0 Å². The van der Waals surface area contributed by atoms with E-state index in [0.717, 1.165) is 25.6 Å². The van der Waals surface area contributed by atoms with Crippen molar-refractivity contribution in [2.45, 2.75) is 45.7 Å². The Morgan fingerprint density at radius 1 is 1.53 bits per heavy atom. The van der Waals surface area contributed by atoms with Gasteiger partial charge in [-0.25, -0.2) is 0 Å². The zero-order valence-corrected chi connectivity index (χ0v) is 11.7. The van der Waals surface area contributed by atoms with Crippen molar-refractivity contribution < 1.29 is 5.11 Å². The second-order valence-electron chi connectivity index (χ2n) is 5.59. The van der Waals surface area contributed by atoms with Crippen molar-refractivity contribution in [2.75, 3.05) is 13.2 Å². The van der Waals surface area contributed by atoms with Crippen LogP contribution in [-0.2, 0) is 6.54 Å². The summed E-state index contributed by atoms with van der Waals surface area (Å²) in [6, 6.07) is 2.97. The van der Waals surface area contributed by atoms with E-state index in [4.69, 9.17) is 0 Å². The number of nitrogens with zero attached hydrogens (tertiary/aromatic N) is 1. The molecule has 0 aliphatic heterocycles. The van der Waals surface area contributed by atoms with Gasteiger partial charge in [0.2, 0.25) is 0 Å². The fourth-order valence-corrected chi connectivity index (χ4v) is 2.79. The summed E-state index contributed by atoms with van der Waals surface area (Å²) in [5.74, 6) is 0. The van der Waals surface area contributed by atoms with Crippen LogP contribution in [0.2, 0.25) is 0 Å². The first-order valence-corrected chi connectivity index (χ1v) is 7.47. The first kappa shape index (κ1) is 13.1. The van der Waals surface area contributed by atoms with Crippen LogP contribution in [0.3, 0.4) is 0 Å². The van der Waals surface area contributed by atoms with Gasteiger partial charge in [0.1, 0.15) is 0 Å². The second-order valence-corrected chi connectivity index (χ2v) is 6.37. The number of rotatable bonds is 7. The monoisotopic (exact) mass is 253 g/mol. The Hall–Kier alpha value is -0.380. The average molecular weight is 253 g/mol. The highest BCUT2D eigenvalue weighted by Crippen LogP contribution is 2.33. The Bertz CT molecular complexity index is 328. The first-order valence-electron chi connectivity index (χ1n) is 6.53. The van der Waals surface area contributed by atoms with Gasteiger partial charge in [-0.15, -0.1) is 0 Å². The lowest BCUT2D eigenvalue weighted by Gasteiger charge is -2.33. The Morgan fingerprint density at radius 3 is 2.76 bits per heavy atom. The quantitative estimate of drug-likeness (QED) is 0.807. The maximum absolute atomic E-state index is 9.54. The van der Waals surface area contributed by atoms with Crippen molar-refractivity contribution in [3.05, 3.63) is 22.4 Å². The molecule has 0 amide bonds. The van der Waals surface area contributed by atoms with E-state index in [-0.39, 0.29) is 12.0 Å². The number of thiophene rings is 1. The summed E-state index contributed by atoms with van der Waals surface area (Å²) in [6.45, 7) is 6.71. The third-order valence-electron chi connectivity index (χ3n) is 3.85. The summed E-state index contributed by atoms with van der Waals surface area (Å²) in [7, 11) is 0. The van der Waals surface area contributed by atoms with Crippen LogP contribution in [0.25, 0.3) is 0 Å². The van der Waals surface area contributed by atoms with Gasteiger partial charge in [0, 0.05) is 31.2 Å². The normalized spacial score (nSPS) is 19.5. The molecule has 3 heteroatoms. The highest BCUT2D eigenvalue weighted by molar-refractivity contribution is 7.07. The number of hydrogen-bond donors (Lipinski definition) is 1. The molecule has 1 fully saturated rings. The van der Waals surface area contributed by atoms with E-state index in [9.17, 15) is 5.11 Å². The molecule has 1 aromatic heterocycles. The molecule has 0 aromatic carbocycles. The van der Waals surface area contributed by atoms with Gasteiger partial charge in [0.05, 0.1) is 0 Å². The summed E-state index contributed by atoms with van der Waals surface area (Å²) >= 11 is 1.77. The summed E-state index contributed by atoms with van der Waals surface area (Å²) in [6.07, 6.45) is 3.70. The van der Waals surface area contributed by atoms with E-state index >= 15 is 0 Å². The lowest BCUT2D eigenvalue weighted by molar-refractivity contribution is 0.0772. The van der Waals surface area contributed by atoms with E-state index in [1.165, 1.54) is 18.4 Å². The molecule has 1 saturated carbocycles. The van der Waals surface area contributed by atoms with Gasteiger partial charge < -0.3 is 5.11 Å². The molecule has 1 N–H and O–H groups in total. The van der Waals surface area contributed by atoms with E-state index in [0.29, 0.717) is 0 Å². The highest BCUT2D eigenvalue weighted by atomic mass is 32.1. The lowest BCUT2D eigenvalue weighted by atomic mass is 9.88. The molecule has 0 bridgehead atoms. The predicted molar refractivity (Wildman–Crippen MR) is 73.2 cm³/mol. The number of hydrogen-bond acceptors (Lipinski definition) is 3. The molecule has 0 saturated heterocycles. The summed E-state index contributed by atoms with van der Waals surface area (Å²) < 4.78 is 0. The molecule has 1 aromatic rings. The van der Waals surface area contributed by atoms with Crippen molar-refractivity contribution in [1.82, 2.24) is 4.90 Å². The SMILES string of the molecule is CCC(C)(CO)CN(Cc1ccsc1)C1CC1. The average Bonchev–Trinajstić information content (AvgIpc) is 3.07. The van der Waals surface area contributed by atoms with Crippen molar-refractivity contribution in [2.24, 2.45) is 5.41 Å². The third-order valence-corrected chi connectivity index (χ3v) is 4.58. The van der Waals surface area contributed by atoms with Gasteiger partial charge in [-0.05, 0) is 41.7 Å². The Labute approximate surface area is 108 Å². The van der Waals surface area contributed by atoms with Crippen LogP contribution >= 0.6 is 11.3 Å². The van der Waals surface area contributed by atoms with Crippen LogP contribution in [0.4, 0.5) is 0 Å². The van der Waals surface area contributed by atoms with Gasteiger partial charge >= 0.3 is 0 Å². The molecule has 2 nitrogen and oxygen atoms in total. The van der Waals surface area contributed by atoms with Gasteiger partial charge in [0.15, 0.2) is 0 Å². The Kier molecular flexibility index (Phi) is 4.23. The molecule has 1 atom stereocenters. The summed E-state index contributed by atoms with van der Waals surface area (Å²) in [5, 5.41) is 13.9. The summed E-state index contributed by atoms with van der Waals surface area (Å²) in [4.78, 5) is 2.56. The standard InChI is InChI=1S/C14H23NOS/c1-3-14(2,11-16)10-15(13-4-5-13)8-12-6-7-17-9-12/h6-7,9,13,16H,3-5,8,10-11H2,1-2H3. The van der Waals surface area contributed by atoms with Gasteiger partial charge in [0.25, 0.3) is 0 Å². The molecule has 1 unspecified atom stereocenters. The van der Waals surface area contributed by atoms with Crippen LogP contribution < -0.4 is 0 Å². The minimum atomic E-state index is 0.0542. The van der Waals surface area contributed by atoms with Gasteiger partial charge in [-0.3, -0.25) is 4.90 Å². The van der Waals surface area contributed by atoms with Crippen LogP contribution in [0.5, 0.6) is 0 Å². The van der Waals surface area contributed by atoms with Crippen LogP contribution in [0, 0.1) is 5.41 Å². The zero-order chi connectivity index (χ0) is 12.3. The highest BCUT2D eigenvalue weighted by Gasteiger charge is 2.33. The third kappa shape index (κ3) is 3.54. The Morgan fingerprint density at radius 2 is 2.29 bits per heavy atom. The molecule has 1 heterocycles. The fraction of sp³-hybridized carbons (Fsp3) is 0.714. The number of aliphatic hydroxyl groups excluding tert-OH is 1. The van der Waals surface area contributed by atoms with Gasteiger partial charge in [-0.1, -0.05) is 13.8 Å². The molecule has 1 aliphatic carbocycles. The van der Waals surface area contributed by atoms with Gasteiger partial charge in [-0.2, -0.15) is 11.3 Å². The second kappa shape index (κ2) is 5.51. The first-order chi connectivity index (χ1) is 8.17. The van der Waals surface area contributed by atoms with Crippen LogP contribution in [-0.4, -0.2) is 29.2 Å². The maximum Gasteiger partial charge on any atom is 0.0496 e. The van der Waals surface area contributed by atoms with Crippen molar-refractivity contribution in [3.63, 3.8) is 0 Å². The molecule has 1 aliphatic rings. The molecular formula is C14H23NOS. The van der Waals surface area contributed by atoms with Crippen LogP contribution in [0.1, 0.15) is 38.7 Å². The minimum Gasteiger partial charge on any atom is -0.396 e. The molecule has 96 valence electrons. The molecule has 17 heavy (non-hydrogen) atoms. The number of aliphatic hydroxyl groups is 1. The predicted octanol–water partition coefficient (Wildman–Crippen LogP) is 3.12. The Balaban J connectivity index is 1.97. The van der Waals surface area contributed by atoms with Crippen molar-refractivity contribution in [1.29, 1.82) is 0 Å². The van der Waals surface area contributed by atoms with E-state index in [1.807, 2.05) is 0 Å². The smallest absolute Gasteiger partial charge is 0.0496 e. The van der Waals surface area contributed by atoms with E-state index in [1.54, 1.807) is 11.3 Å². The topological polar surface area (TPSA) is 23.5 Å². The molecular weight excluding hydrogens is 230 g/mol. The van der Waals surface area contributed by atoms with Crippen molar-refractivity contribution >= 4 is 11.3 Å². The molecule has 0 radical (unpaired) electrons. The molecule has 0 spiro atoms. The maximum atomic E-state index is 9.54. The zero-order valence-electron chi connectivity index (χ0n) is 10.9. The van der Waals surface area contributed by atoms with E-state index < -0.39 is 0 Å². The fourth-order valence-electron chi connectivity index (χ4n) is 2.13.